The molecule has 3 nitrogen and oxygen atoms in total. The van der Waals surface area contributed by atoms with Crippen molar-refractivity contribution in [3.63, 3.8) is 0 Å². The lowest BCUT2D eigenvalue weighted by molar-refractivity contribution is 0.689. The Morgan fingerprint density at radius 1 is 0.952 bits per heavy atom. The van der Waals surface area contributed by atoms with E-state index in [0.717, 1.165) is 22.3 Å². The van der Waals surface area contributed by atoms with E-state index >= 15 is 0 Å². The zero-order chi connectivity index (χ0) is 14.8. The molecule has 106 valence electrons. The van der Waals surface area contributed by atoms with Crippen LogP contribution < -0.4 is 5.32 Å². The maximum Gasteiger partial charge on any atom is 0.0702 e. The van der Waals surface area contributed by atoms with Crippen LogP contribution in [0.4, 0.5) is 0 Å². The molecule has 2 heterocycles. The first-order valence-electron chi connectivity index (χ1n) is 7.14. The van der Waals surface area contributed by atoms with Gasteiger partial charge in [-0.25, -0.2) is 0 Å². The van der Waals surface area contributed by atoms with E-state index in [4.69, 9.17) is 0 Å². The number of fused-ring (bicyclic) bond motifs is 1. The maximum atomic E-state index is 4.46. The van der Waals surface area contributed by atoms with Crippen molar-refractivity contribution in [3.05, 3.63) is 71.2 Å². The number of nitrogens with one attached hydrogen (secondary N) is 1. The highest BCUT2D eigenvalue weighted by molar-refractivity contribution is 5.79. The van der Waals surface area contributed by atoms with Crippen molar-refractivity contribution in [1.82, 2.24) is 15.3 Å². The summed E-state index contributed by atoms with van der Waals surface area (Å²) in [7, 11) is 1.99. The molecule has 0 saturated carbocycles. The number of aromatic nitrogens is 2. The van der Waals surface area contributed by atoms with Gasteiger partial charge in [0.15, 0.2) is 0 Å². The maximum absolute atomic E-state index is 4.46. The summed E-state index contributed by atoms with van der Waals surface area (Å²) < 4.78 is 0. The summed E-state index contributed by atoms with van der Waals surface area (Å²) in [5.74, 6) is 0. The Balaban J connectivity index is 2.08. The van der Waals surface area contributed by atoms with Crippen molar-refractivity contribution in [2.24, 2.45) is 0 Å². The van der Waals surface area contributed by atoms with Crippen molar-refractivity contribution >= 4 is 10.9 Å². The fraction of sp³-hybridized carbons (Fsp3) is 0.222. The van der Waals surface area contributed by atoms with E-state index in [1.807, 2.05) is 33.2 Å². The van der Waals surface area contributed by atoms with Crippen molar-refractivity contribution in [2.75, 3.05) is 7.05 Å². The minimum atomic E-state index is 0.162. The van der Waals surface area contributed by atoms with E-state index in [1.165, 1.54) is 11.1 Å². The van der Waals surface area contributed by atoms with E-state index in [0.29, 0.717) is 0 Å². The number of hydrogen-bond donors (Lipinski definition) is 1. The van der Waals surface area contributed by atoms with E-state index in [1.54, 1.807) is 0 Å². The molecule has 2 aromatic heterocycles. The van der Waals surface area contributed by atoms with Gasteiger partial charge in [0, 0.05) is 23.0 Å². The van der Waals surface area contributed by atoms with Crippen LogP contribution in [0.1, 0.15) is 28.6 Å². The number of aryl methyl sites for hydroxylation is 2. The normalized spacial score (nSPS) is 12.5. The van der Waals surface area contributed by atoms with Crippen LogP contribution in [0, 0.1) is 13.8 Å². The van der Waals surface area contributed by atoms with Crippen LogP contribution in [0.3, 0.4) is 0 Å². The molecule has 3 rings (SSSR count). The summed E-state index contributed by atoms with van der Waals surface area (Å²) in [6.07, 6.45) is 1.83. The fourth-order valence-electron chi connectivity index (χ4n) is 2.83. The monoisotopic (exact) mass is 277 g/mol. The number of benzene rings is 1. The molecule has 1 unspecified atom stereocenters. The molecular weight excluding hydrogens is 258 g/mol. The molecule has 0 spiro atoms. The molecule has 1 N–H and O–H groups in total. The molecule has 1 aromatic carbocycles. The smallest absolute Gasteiger partial charge is 0.0702 e. The van der Waals surface area contributed by atoms with Gasteiger partial charge in [0.1, 0.15) is 0 Å². The van der Waals surface area contributed by atoms with Gasteiger partial charge >= 0.3 is 0 Å². The van der Waals surface area contributed by atoms with Crippen LogP contribution in [-0.2, 0) is 0 Å². The second kappa shape index (κ2) is 5.62. The molecule has 0 aliphatic carbocycles. The lowest BCUT2D eigenvalue weighted by Crippen LogP contribution is -2.18. The Morgan fingerprint density at radius 2 is 1.71 bits per heavy atom. The molecule has 0 saturated heterocycles. The minimum Gasteiger partial charge on any atom is -0.309 e. The molecular formula is C18H19N3. The Kier molecular flexibility index (Phi) is 3.67. The molecule has 0 aliphatic heterocycles. The van der Waals surface area contributed by atoms with Crippen LogP contribution in [0.25, 0.3) is 10.9 Å². The van der Waals surface area contributed by atoms with Gasteiger partial charge in [0.25, 0.3) is 0 Å². The van der Waals surface area contributed by atoms with Gasteiger partial charge < -0.3 is 5.32 Å². The summed E-state index contributed by atoms with van der Waals surface area (Å²) in [5.41, 5.74) is 5.60. The van der Waals surface area contributed by atoms with E-state index in [-0.39, 0.29) is 6.04 Å². The molecule has 0 fully saturated rings. The average molecular weight is 277 g/mol. The Labute approximate surface area is 125 Å². The first kappa shape index (κ1) is 13.7. The Morgan fingerprint density at radius 3 is 2.43 bits per heavy atom. The Bertz CT molecular complexity index is 760. The van der Waals surface area contributed by atoms with Gasteiger partial charge in [-0.05, 0) is 62.4 Å². The number of hydrogen-bond acceptors (Lipinski definition) is 3. The highest BCUT2D eigenvalue weighted by Crippen LogP contribution is 2.25. The largest absolute Gasteiger partial charge is 0.309 e. The molecule has 21 heavy (non-hydrogen) atoms. The van der Waals surface area contributed by atoms with E-state index < -0.39 is 0 Å². The van der Waals surface area contributed by atoms with Gasteiger partial charge in [-0.15, -0.1) is 0 Å². The topological polar surface area (TPSA) is 37.8 Å². The lowest BCUT2D eigenvalue weighted by atomic mass is 9.97. The van der Waals surface area contributed by atoms with Crippen LogP contribution in [0.15, 0.2) is 48.7 Å². The summed E-state index contributed by atoms with van der Waals surface area (Å²) >= 11 is 0. The Hall–Kier alpha value is -2.26. The number of nitrogens with zero attached hydrogens (tertiary/aromatic N) is 2. The molecule has 3 aromatic rings. The van der Waals surface area contributed by atoms with Crippen molar-refractivity contribution in [1.29, 1.82) is 0 Å². The summed E-state index contributed by atoms with van der Waals surface area (Å²) in [5, 5.41) is 4.57. The highest BCUT2D eigenvalue weighted by atomic mass is 14.9. The quantitative estimate of drug-likeness (QED) is 0.795. The van der Waals surface area contributed by atoms with Gasteiger partial charge in [-0.1, -0.05) is 12.1 Å². The van der Waals surface area contributed by atoms with Crippen molar-refractivity contribution < 1.29 is 0 Å². The van der Waals surface area contributed by atoms with Gasteiger partial charge in [0.2, 0.25) is 0 Å². The lowest BCUT2D eigenvalue weighted by Gasteiger charge is -2.18. The average Bonchev–Trinajstić information content (AvgIpc) is 2.47. The zero-order valence-electron chi connectivity index (χ0n) is 12.6. The molecule has 1 atom stereocenters. The fourth-order valence-corrected chi connectivity index (χ4v) is 2.83. The zero-order valence-corrected chi connectivity index (χ0v) is 12.6. The third-order valence-electron chi connectivity index (χ3n) is 3.69. The second-order valence-electron chi connectivity index (χ2n) is 5.36. The number of pyridine rings is 2. The third-order valence-corrected chi connectivity index (χ3v) is 3.69. The predicted molar refractivity (Wildman–Crippen MR) is 86.4 cm³/mol. The first-order chi connectivity index (χ1) is 10.2. The third kappa shape index (κ3) is 2.78. The van der Waals surface area contributed by atoms with E-state index in [9.17, 15) is 0 Å². The van der Waals surface area contributed by atoms with Crippen LogP contribution in [0.2, 0.25) is 0 Å². The van der Waals surface area contributed by atoms with Crippen LogP contribution in [0.5, 0.6) is 0 Å². The first-order valence-corrected chi connectivity index (χ1v) is 7.14. The van der Waals surface area contributed by atoms with E-state index in [2.05, 4.69) is 51.7 Å². The predicted octanol–water partition coefficient (Wildman–Crippen LogP) is 3.56. The van der Waals surface area contributed by atoms with Crippen LogP contribution >= 0.6 is 0 Å². The number of rotatable bonds is 3. The summed E-state index contributed by atoms with van der Waals surface area (Å²) in [6.45, 7) is 4.07. The second-order valence-corrected chi connectivity index (χ2v) is 5.36. The summed E-state index contributed by atoms with van der Waals surface area (Å²) in [6, 6.07) is 14.9. The molecule has 0 radical (unpaired) electrons. The van der Waals surface area contributed by atoms with Crippen molar-refractivity contribution in [3.8, 4) is 0 Å². The van der Waals surface area contributed by atoms with Gasteiger partial charge in [-0.2, -0.15) is 0 Å². The SMILES string of the molecule is CNC(c1cc(C)nc(C)c1)c1ccc2ncccc2c1. The summed E-state index contributed by atoms with van der Waals surface area (Å²) in [4.78, 5) is 8.83. The molecule has 0 amide bonds. The molecule has 3 heteroatoms. The molecule has 0 bridgehead atoms. The highest BCUT2D eigenvalue weighted by Gasteiger charge is 2.13. The molecule has 0 aliphatic rings. The minimum absolute atomic E-state index is 0.162. The van der Waals surface area contributed by atoms with Crippen molar-refractivity contribution in [2.45, 2.75) is 19.9 Å². The van der Waals surface area contributed by atoms with Crippen LogP contribution in [-0.4, -0.2) is 17.0 Å². The standard InChI is InChI=1S/C18H19N3/c1-12-9-16(10-13(2)21-12)18(19-3)15-6-7-17-14(11-15)5-4-8-20-17/h4-11,18-19H,1-3H3. The van der Waals surface area contributed by atoms with Gasteiger partial charge in [-0.3, -0.25) is 9.97 Å². The van der Waals surface area contributed by atoms with Gasteiger partial charge in [0.05, 0.1) is 11.6 Å².